The minimum Gasteiger partial charge on any atom is -0.495 e. The first kappa shape index (κ1) is 23.8. The zero-order valence-electron chi connectivity index (χ0n) is 17.1. The average Bonchev–Trinajstić information content (AvgIpc) is 2.74. The molecule has 3 rings (SSSR count). The van der Waals surface area contributed by atoms with Crippen molar-refractivity contribution in [3.8, 4) is 5.75 Å². The molecule has 0 aromatic heterocycles. The van der Waals surface area contributed by atoms with Crippen LogP contribution in [0.5, 0.6) is 5.75 Å². The Morgan fingerprint density at radius 3 is 2.47 bits per heavy atom. The molecule has 0 aliphatic heterocycles. The zero-order chi connectivity index (χ0) is 23.5. The molecule has 0 unspecified atom stereocenters. The van der Waals surface area contributed by atoms with Crippen molar-refractivity contribution in [2.24, 2.45) is 0 Å². The van der Waals surface area contributed by atoms with Gasteiger partial charge in [0.25, 0.3) is 10.0 Å². The number of amides is 1. The minimum absolute atomic E-state index is 0.117. The summed E-state index contributed by atoms with van der Waals surface area (Å²) in [7, 11) is -2.92. The van der Waals surface area contributed by atoms with Gasteiger partial charge >= 0.3 is 0 Å². The van der Waals surface area contributed by atoms with E-state index in [4.69, 9.17) is 27.9 Å². The van der Waals surface area contributed by atoms with E-state index in [0.29, 0.717) is 5.56 Å². The van der Waals surface area contributed by atoms with E-state index in [1.54, 1.807) is 13.0 Å². The summed E-state index contributed by atoms with van der Waals surface area (Å²) in [6, 6.07) is 14.2. The number of rotatable bonds is 7. The zero-order valence-corrected chi connectivity index (χ0v) is 19.4. The molecule has 0 heterocycles. The second kappa shape index (κ2) is 9.77. The van der Waals surface area contributed by atoms with E-state index in [1.807, 2.05) is 0 Å². The Morgan fingerprint density at radius 2 is 1.81 bits per heavy atom. The van der Waals surface area contributed by atoms with Crippen LogP contribution in [0, 0.1) is 12.7 Å². The second-order valence-electron chi connectivity index (χ2n) is 6.82. The maximum absolute atomic E-state index is 13.6. The number of halogens is 3. The van der Waals surface area contributed by atoms with Gasteiger partial charge in [0.05, 0.1) is 22.8 Å². The van der Waals surface area contributed by atoms with Crippen LogP contribution in [0.15, 0.2) is 65.6 Å². The largest absolute Gasteiger partial charge is 0.495 e. The van der Waals surface area contributed by atoms with E-state index >= 15 is 0 Å². The monoisotopic (exact) mass is 496 g/mol. The van der Waals surface area contributed by atoms with Crippen LogP contribution in [0.4, 0.5) is 15.8 Å². The second-order valence-corrected chi connectivity index (χ2v) is 9.47. The fourth-order valence-electron chi connectivity index (χ4n) is 2.96. The molecule has 0 spiro atoms. The standard InChI is InChI=1S/C22H19Cl2FN2O4S/c1-14-6-9-20(31-2)21(10-14)32(29,30)27(17-7-8-18(23)19(24)12-17)13-22(28)26-16-5-3-4-15(25)11-16/h3-12H,13H2,1-2H3,(H,26,28). The topological polar surface area (TPSA) is 75.7 Å². The van der Waals surface area contributed by atoms with Gasteiger partial charge in [0, 0.05) is 5.69 Å². The fraction of sp³-hybridized carbons (Fsp3) is 0.136. The molecule has 0 aliphatic rings. The summed E-state index contributed by atoms with van der Waals surface area (Å²) in [4.78, 5) is 12.6. The summed E-state index contributed by atoms with van der Waals surface area (Å²) in [5, 5.41) is 2.84. The Balaban J connectivity index is 2.05. The summed E-state index contributed by atoms with van der Waals surface area (Å²) in [6.07, 6.45) is 0. The lowest BCUT2D eigenvalue weighted by Crippen LogP contribution is -2.38. The number of nitrogens with one attached hydrogen (secondary N) is 1. The van der Waals surface area contributed by atoms with E-state index in [-0.39, 0.29) is 32.1 Å². The van der Waals surface area contributed by atoms with E-state index in [9.17, 15) is 17.6 Å². The summed E-state index contributed by atoms with van der Waals surface area (Å²) < 4.78 is 46.9. The van der Waals surface area contributed by atoms with Crippen molar-refractivity contribution in [1.29, 1.82) is 0 Å². The quantitative estimate of drug-likeness (QED) is 0.482. The number of nitrogens with zero attached hydrogens (tertiary/aromatic N) is 1. The number of benzene rings is 3. The first-order valence-corrected chi connectivity index (χ1v) is 11.5. The molecule has 0 atom stereocenters. The third-order valence-corrected chi connectivity index (χ3v) is 7.01. The van der Waals surface area contributed by atoms with Gasteiger partial charge in [-0.05, 0) is 61.0 Å². The minimum atomic E-state index is -4.27. The van der Waals surface area contributed by atoms with Gasteiger partial charge < -0.3 is 10.1 Å². The van der Waals surface area contributed by atoms with E-state index < -0.39 is 28.3 Å². The van der Waals surface area contributed by atoms with Crippen LogP contribution in [-0.2, 0) is 14.8 Å². The molecule has 10 heteroatoms. The van der Waals surface area contributed by atoms with Crippen LogP contribution in [0.3, 0.4) is 0 Å². The summed E-state index contributed by atoms with van der Waals surface area (Å²) in [5.41, 5.74) is 0.995. The molecule has 0 saturated heterocycles. The van der Waals surface area contributed by atoms with Gasteiger partial charge in [-0.3, -0.25) is 9.10 Å². The number of carbonyl (C=O) groups excluding carboxylic acids is 1. The van der Waals surface area contributed by atoms with E-state index in [0.717, 1.165) is 10.4 Å². The van der Waals surface area contributed by atoms with Crippen LogP contribution in [0.25, 0.3) is 0 Å². The molecular formula is C22H19Cl2FN2O4S. The number of ether oxygens (including phenoxy) is 1. The summed E-state index contributed by atoms with van der Waals surface area (Å²) in [5.74, 6) is -1.11. The van der Waals surface area contributed by atoms with Crippen LogP contribution in [-0.4, -0.2) is 28.0 Å². The smallest absolute Gasteiger partial charge is 0.268 e. The molecule has 0 aliphatic carbocycles. The Kier molecular flexibility index (Phi) is 7.28. The molecule has 1 N–H and O–H groups in total. The first-order valence-electron chi connectivity index (χ1n) is 9.29. The number of hydrogen-bond donors (Lipinski definition) is 1. The van der Waals surface area contributed by atoms with E-state index in [2.05, 4.69) is 5.32 Å². The average molecular weight is 497 g/mol. The number of aryl methyl sites for hydroxylation is 1. The van der Waals surface area contributed by atoms with Crippen molar-refractivity contribution >= 4 is 50.5 Å². The van der Waals surface area contributed by atoms with Crippen LogP contribution in [0.1, 0.15) is 5.56 Å². The fourth-order valence-corrected chi connectivity index (χ4v) is 4.91. The lowest BCUT2D eigenvalue weighted by Gasteiger charge is -2.25. The van der Waals surface area contributed by atoms with Gasteiger partial charge in [0.2, 0.25) is 5.91 Å². The number of sulfonamides is 1. The van der Waals surface area contributed by atoms with E-state index in [1.165, 1.54) is 55.6 Å². The molecule has 3 aromatic rings. The normalized spacial score (nSPS) is 11.2. The number of methoxy groups -OCH3 is 1. The molecule has 1 amide bonds. The summed E-state index contributed by atoms with van der Waals surface area (Å²) in [6.45, 7) is 1.13. The van der Waals surface area contributed by atoms with Gasteiger partial charge in [0.1, 0.15) is 23.0 Å². The Bertz CT molecular complexity index is 1270. The highest BCUT2D eigenvalue weighted by Gasteiger charge is 2.30. The third kappa shape index (κ3) is 5.32. The molecule has 0 radical (unpaired) electrons. The highest BCUT2D eigenvalue weighted by atomic mass is 35.5. The Labute approximate surface area is 195 Å². The molecule has 0 saturated carbocycles. The maximum Gasteiger partial charge on any atom is 0.268 e. The van der Waals surface area contributed by atoms with Crippen molar-refractivity contribution in [1.82, 2.24) is 0 Å². The Hall–Kier alpha value is -2.81. The maximum atomic E-state index is 13.6. The number of hydrogen-bond acceptors (Lipinski definition) is 4. The van der Waals surface area contributed by atoms with Crippen LogP contribution >= 0.6 is 23.2 Å². The van der Waals surface area contributed by atoms with Crippen LogP contribution in [0.2, 0.25) is 10.0 Å². The molecule has 168 valence electrons. The molecule has 0 fully saturated rings. The molecule has 0 bridgehead atoms. The molecule has 3 aromatic carbocycles. The van der Waals surface area contributed by atoms with Crippen molar-refractivity contribution < 1.29 is 22.3 Å². The van der Waals surface area contributed by atoms with Gasteiger partial charge in [-0.2, -0.15) is 0 Å². The SMILES string of the molecule is COc1ccc(C)cc1S(=O)(=O)N(CC(=O)Nc1cccc(F)c1)c1ccc(Cl)c(Cl)c1. The number of anilines is 2. The summed E-state index contributed by atoms with van der Waals surface area (Å²) >= 11 is 12.1. The first-order chi connectivity index (χ1) is 15.1. The van der Waals surface area contributed by atoms with Crippen LogP contribution < -0.4 is 14.4 Å². The van der Waals surface area contributed by atoms with Crippen molar-refractivity contribution in [3.63, 3.8) is 0 Å². The third-order valence-electron chi connectivity index (χ3n) is 4.47. The van der Waals surface area contributed by atoms with Crippen molar-refractivity contribution in [3.05, 3.63) is 82.1 Å². The van der Waals surface area contributed by atoms with Crippen molar-refractivity contribution in [2.45, 2.75) is 11.8 Å². The van der Waals surface area contributed by atoms with Gasteiger partial charge in [-0.15, -0.1) is 0 Å². The molecular weight excluding hydrogens is 478 g/mol. The van der Waals surface area contributed by atoms with Gasteiger partial charge in [-0.1, -0.05) is 35.3 Å². The lowest BCUT2D eigenvalue weighted by molar-refractivity contribution is -0.114. The van der Waals surface area contributed by atoms with Crippen molar-refractivity contribution in [2.75, 3.05) is 23.3 Å². The highest BCUT2D eigenvalue weighted by Crippen LogP contribution is 2.33. The molecule has 6 nitrogen and oxygen atoms in total. The lowest BCUT2D eigenvalue weighted by atomic mass is 10.2. The predicted molar refractivity (Wildman–Crippen MR) is 124 cm³/mol. The highest BCUT2D eigenvalue weighted by molar-refractivity contribution is 7.93. The molecule has 32 heavy (non-hydrogen) atoms. The predicted octanol–water partition coefficient (Wildman–Crippen LogP) is 5.28. The van der Waals surface area contributed by atoms with Gasteiger partial charge in [-0.25, -0.2) is 12.8 Å². The Morgan fingerprint density at radius 1 is 1.06 bits per heavy atom. The number of carbonyl (C=O) groups is 1. The van der Waals surface area contributed by atoms with Gasteiger partial charge in [0.15, 0.2) is 0 Å².